The molecule has 0 amide bonds. The van der Waals surface area contributed by atoms with E-state index in [-0.39, 0.29) is 11.8 Å². The summed E-state index contributed by atoms with van der Waals surface area (Å²) >= 11 is 0. The quantitative estimate of drug-likeness (QED) is 0.635. The zero-order valence-electron chi connectivity index (χ0n) is 13.5. The van der Waals surface area contributed by atoms with Crippen molar-refractivity contribution in [2.24, 2.45) is 5.41 Å². The van der Waals surface area contributed by atoms with Gasteiger partial charge in [-0.05, 0) is 24.7 Å². The highest BCUT2D eigenvalue weighted by Gasteiger charge is 2.29. The van der Waals surface area contributed by atoms with Crippen LogP contribution in [-0.4, -0.2) is 37.7 Å². The number of sulfonamides is 1. The van der Waals surface area contributed by atoms with E-state index in [1.165, 1.54) is 4.31 Å². The Labute approximate surface area is 127 Å². The molecule has 0 radical (unpaired) electrons. The SMILES string of the molecule is CCCCN(CCC(C)(C)C)S(=O)(=O)CCCC(F)(F)F. The third-order valence-electron chi connectivity index (χ3n) is 3.13. The first kappa shape index (κ1) is 20.7. The Bertz CT molecular complexity index is 386. The van der Waals surface area contributed by atoms with Gasteiger partial charge in [-0.1, -0.05) is 34.1 Å². The summed E-state index contributed by atoms with van der Waals surface area (Å²) in [5.41, 5.74) is -0.00798. The van der Waals surface area contributed by atoms with Crippen molar-refractivity contribution in [3.05, 3.63) is 0 Å². The minimum absolute atomic E-state index is 0.00798. The molecule has 0 bridgehead atoms. The largest absolute Gasteiger partial charge is 0.389 e. The summed E-state index contributed by atoms with van der Waals surface area (Å²) in [6, 6.07) is 0. The highest BCUT2D eigenvalue weighted by atomic mass is 32.2. The smallest absolute Gasteiger partial charge is 0.212 e. The maximum absolute atomic E-state index is 12.2. The topological polar surface area (TPSA) is 37.4 Å². The van der Waals surface area contributed by atoms with E-state index in [0.717, 1.165) is 12.8 Å². The summed E-state index contributed by atoms with van der Waals surface area (Å²) in [5, 5.41) is 0. The molecule has 0 rings (SSSR count). The van der Waals surface area contributed by atoms with Gasteiger partial charge in [-0.3, -0.25) is 0 Å². The summed E-state index contributed by atoms with van der Waals surface area (Å²) in [6.07, 6.45) is -3.45. The van der Waals surface area contributed by atoms with E-state index >= 15 is 0 Å². The molecular formula is C14H28F3NO2S. The second-order valence-corrected chi connectivity index (χ2v) is 8.69. The Hall–Kier alpha value is -0.300. The number of alkyl halides is 3. The molecule has 0 aliphatic rings. The van der Waals surface area contributed by atoms with E-state index in [1.807, 2.05) is 27.7 Å². The first-order valence-corrected chi connectivity index (χ1v) is 9.03. The fourth-order valence-corrected chi connectivity index (χ4v) is 3.31. The number of hydrogen-bond donors (Lipinski definition) is 0. The average molecular weight is 331 g/mol. The van der Waals surface area contributed by atoms with Gasteiger partial charge in [0.1, 0.15) is 0 Å². The first-order chi connectivity index (χ1) is 9.37. The number of halogens is 3. The molecule has 0 aromatic heterocycles. The minimum atomic E-state index is -4.30. The van der Waals surface area contributed by atoms with Crippen LogP contribution in [0.1, 0.15) is 59.8 Å². The van der Waals surface area contributed by atoms with E-state index in [9.17, 15) is 21.6 Å². The summed E-state index contributed by atoms with van der Waals surface area (Å²) in [6.45, 7) is 8.76. The Morgan fingerprint density at radius 2 is 1.52 bits per heavy atom. The summed E-state index contributed by atoms with van der Waals surface area (Å²) < 4.78 is 62.1. The van der Waals surface area contributed by atoms with Crippen LogP contribution in [0.25, 0.3) is 0 Å². The number of hydrogen-bond acceptors (Lipinski definition) is 2. The molecule has 0 heterocycles. The van der Waals surface area contributed by atoms with Crippen molar-refractivity contribution in [3.63, 3.8) is 0 Å². The van der Waals surface area contributed by atoms with E-state index in [2.05, 4.69) is 0 Å². The van der Waals surface area contributed by atoms with Crippen molar-refractivity contribution < 1.29 is 21.6 Å². The lowest BCUT2D eigenvalue weighted by atomic mass is 9.92. The first-order valence-electron chi connectivity index (χ1n) is 7.42. The fourth-order valence-electron chi connectivity index (χ4n) is 1.77. The summed E-state index contributed by atoms with van der Waals surface area (Å²) in [7, 11) is -3.61. The van der Waals surface area contributed by atoms with Crippen molar-refractivity contribution in [2.75, 3.05) is 18.8 Å². The van der Waals surface area contributed by atoms with Crippen LogP contribution in [0.4, 0.5) is 13.2 Å². The van der Waals surface area contributed by atoms with Crippen molar-refractivity contribution in [1.29, 1.82) is 0 Å². The van der Waals surface area contributed by atoms with Gasteiger partial charge in [-0.25, -0.2) is 12.7 Å². The van der Waals surface area contributed by atoms with Crippen molar-refractivity contribution in [3.8, 4) is 0 Å². The maximum atomic E-state index is 12.2. The lowest BCUT2D eigenvalue weighted by Gasteiger charge is -2.26. The van der Waals surface area contributed by atoms with Crippen LogP contribution in [0.15, 0.2) is 0 Å². The second kappa shape index (κ2) is 8.36. The molecule has 0 aliphatic carbocycles. The van der Waals surface area contributed by atoms with Crippen LogP contribution in [0.2, 0.25) is 0 Å². The average Bonchev–Trinajstić information content (AvgIpc) is 2.24. The van der Waals surface area contributed by atoms with Crippen LogP contribution in [-0.2, 0) is 10.0 Å². The summed E-state index contributed by atoms with van der Waals surface area (Å²) in [5.74, 6) is -0.430. The Morgan fingerprint density at radius 1 is 0.952 bits per heavy atom. The lowest BCUT2D eigenvalue weighted by molar-refractivity contribution is -0.134. The molecule has 0 spiro atoms. The van der Waals surface area contributed by atoms with E-state index in [1.54, 1.807) is 0 Å². The molecule has 21 heavy (non-hydrogen) atoms. The van der Waals surface area contributed by atoms with Gasteiger partial charge in [-0.2, -0.15) is 13.2 Å². The van der Waals surface area contributed by atoms with Gasteiger partial charge in [0, 0.05) is 19.5 Å². The van der Waals surface area contributed by atoms with Crippen LogP contribution < -0.4 is 0 Å². The summed E-state index contributed by atoms with van der Waals surface area (Å²) in [4.78, 5) is 0. The van der Waals surface area contributed by atoms with E-state index in [4.69, 9.17) is 0 Å². The van der Waals surface area contributed by atoms with Crippen LogP contribution in [0, 0.1) is 5.41 Å². The molecule has 0 aromatic rings. The number of rotatable bonds is 9. The van der Waals surface area contributed by atoms with E-state index in [0.29, 0.717) is 19.5 Å². The van der Waals surface area contributed by atoms with E-state index < -0.39 is 28.4 Å². The predicted molar refractivity (Wildman–Crippen MR) is 79.6 cm³/mol. The fraction of sp³-hybridized carbons (Fsp3) is 1.00. The Kier molecular flexibility index (Phi) is 8.24. The third kappa shape index (κ3) is 11.0. The number of unbranched alkanes of at least 4 members (excludes halogenated alkanes) is 1. The zero-order valence-corrected chi connectivity index (χ0v) is 14.3. The van der Waals surface area contributed by atoms with Gasteiger partial charge >= 0.3 is 6.18 Å². The third-order valence-corrected chi connectivity index (χ3v) is 5.08. The standard InChI is InChI=1S/C14H28F3NO2S/c1-5-6-10-18(11-9-13(2,3)4)21(19,20)12-7-8-14(15,16)17/h5-12H2,1-4H3. The van der Waals surface area contributed by atoms with Crippen LogP contribution in [0.3, 0.4) is 0 Å². The molecule has 0 atom stereocenters. The monoisotopic (exact) mass is 331 g/mol. The molecule has 0 saturated carbocycles. The van der Waals surface area contributed by atoms with Crippen molar-refractivity contribution in [2.45, 2.75) is 66.0 Å². The second-order valence-electron chi connectivity index (χ2n) is 6.60. The highest BCUT2D eigenvalue weighted by Crippen LogP contribution is 2.23. The lowest BCUT2D eigenvalue weighted by Crippen LogP contribution is -2.36. The Morgan fingerprint density at radius 3 is 1.95 bits per heavy atom. The molecule has 0 fully saturated rings. The Balaban J connectivity index is 4.63. The molecule has 0 saturated heterocycles. The minimum Gasteiger partial charge on any atom is -0.212 e. The normalized spacial score (nSPS) is 13.9. The molecule has 0 unspecified atom stereocenters. The van der Waals surface area contributed by atoms with Gasteiger partial charge in [0.25, 0.3) is 0 Å². The molecular weight excluding hydrogens is 303 g/mol. The van der Waals surface area contributed by atoms with Crippen LogP contribution >= 0.6 is 0 Å². The van der Waals surface area contributed by atoms with Gasteiger partial charge < -0.3 is 0 Å². The van der Waals surface area contributed by atoms with Gasteiger partial charge in [0.2, 0.25) is 10.0 Å². The zero-order chi connectivity index (χ0) is 16.7. The number of nitrogens with zero attached hydrogens (tertiary/aromatic N) is 1. The van der Waals surface area contributed by atoms with Gasteiger partial charge in [0.15, 0.2) is 0 Å². The molecule has 0 aromatic carbocycles. The molecule has 7 heteroatoms. The van der Waals surface area contributed by atoms with Crippen molar-refractivity contribution >= 4 is 10.0 Å². The van der Waals surface area contributed by atoms with Crippen molar-refractivity contribution in [1.82, 2.24) is 4.31 Å². The molecule has 0 aliphatic heterocycles. The molecule has 0 N–H and O–H groups in total. The van der Waals surface area contributed by atoms with Gasteiger partial charge in [0.05, 0.1) is 5.75 Å². The maximum Gasteiger partial charge on any atom is 0.389 e. The predicted octanol–water partition coefficient (Wildman–Crippen LogP) is 4.20. The molecule has 128 valence electrons. The van der Waals surface area contributed by atoms with Crippen LogP contribution in [0.5, 0.6) is 0 Å². The highest BCUT2D eigenvalue weighted by molar-refractivity contribution is 7.89. The van der Waals surface area contributed by atoms with Gasteiger partial charge in [-0.15, -0.1) is 0 Å². The molecule has 3 nitrogen and oxygen atoms in total.